The Morgan fingerprint density at radius 1 is 1.34 bits per heavy atom. The van der Waals surface area contributed by atoms with Gasteiger partial charge in [-0.15, -0.1) is 0 Å². The fraction of sp³-hybridized carbons (Fsp3) is 0.190. The number of nitriles is 1. The number of hydrogen-bond acceptors (Lipinski definition) is 4. The van der Waals surface area contributed by atoms with E-state index in [9.17, 15) is 18.7 Å². The van der Waals surface area contributed by atoms with Gasteiger partial charge in [-0.05, 0) is 30.3 Å². The summed E-state index contributed by atoms with van der Waals surface area (Å²) in [5, 5.41) is 22.7. The number of aromatic nitrogens is 2. The summed E-state index contributed by atoms with van der Waals surface area (Å²) in [4.78, 5) is 16.5. The molecule has 8 heteroatoms. The van der Waals surface area contributed by atoms with Gasteiger partial charge in [0.05, 0.1) is 42.3 Å². The third-order valence-electron chi connectivity index (χ3n) is 5.06. The number of imidazole rings is 1. The Morgan fingerprint density at radius 2 is 2.17 bits per heavy atom. The van der Waals surface area contributed by atoms with Crippen LogP contribution in [0.15, 0.2) is 55.0 Å². The van der Waals surface area contributed by atoms with Crippen molar-refractivity contribution in [2.45, 2.75) is 24.5 Å². The SMILES string of the molecule is N#Cc1ccc([C@H]2C[C@](O)(CC(=O)Nc3cccc(F)c3)c3cncn32)c(F)c1. The predicted octanol–water partition coefficient (Wildman–Crippen LogP) is 3.24. The van der Waals surface area contributed by atoms with Gasteiger partial charge in [0.2, 0.25) is 5.91 Å². The minimum absolute atomic E-state index is 0.0598. The van der Waals surface area contributed by atoms with Crippen molar-refractivity contribution in [2.75, 3.05) is 5.32 Å². The molecule has 1 amide bonds. The molecule has 29 heavy (non-hydrogen) atoms. The number of anilines is 1. The van der Waals surface area contributed by atoms with E-state index in [1.54, 1.807) is 10.6 Å². The minimum atomic E-state index is -1.57. The average Bonchev–Trinajstić information content (AvgIpc) is 3.25. The first-order valence-electron chi connectivity index (χ1n) is 8.89. The van der Waals surface area contributed by atoms with Crippen LogP contribution in [0.2, 0.25) is 0 Å². The lowest BCUT2D eigenvalue weighted by Gasteiger charge is -2.22. The zero-order chi connectivity index (χ0) is 20.6. The molecule has 0 saturated heterocycles. The molecule has 0 bridgehead atoms. The number of aliphatic hydroxyl groups is 1. The Hall–Kier alpha value is -3.57. The Balaban J connectivity index is 1.59. The molecule has 0 aliphatic carbocycles. The summed E-state index contributed by atoms with van der Waals surface area (Å²) in [5.74, 6) is -1.56. The summed E-state index contributed by atoms with van der Waals surface area (Å²) in [5.41, 5.74) is -0.413. The number of amides is 1. The third-order valence-corrected chi connectivity index (χ3v) is 5.06. The van der Waals surface area contributed by atoms with Gasteiger partial charge >= 0.3 is 0 Å². The van der Waals surface area contributed by atoms with E-state index in [0.717, 1.165) is 6.07 Å². The number of hydrogen-bond donors (Lipinski definition) is 2. The zero-order valence-electron chi connectivity index (χ0n) is 15.1. The number of rotatable bonds is 4. The van der Waals surface area contributed by atoms with Gasteiger partial charge in [0, 0.05) is 17.7 Å². The molecule has 0 radical (unpaired) electrons. The summed E-state index contributed by atoms with van der Waals surface area (Å²) in [6.45, 7) is 0. The summed E-state index contributed by atoms with van der Waals surface area (Å²) in [7, 11) is 0. The highest BCUT2D eigenvalue weighted by atomic mass is 19.1. The van der Waals surface area contributed by atoms with E-state index in [4.69, 9.17) is 5.26 Å². The highest BCUT2D eigenvalue weighted by molar-refractivity contribution is 5.91. The fourth-order valence-electron chi connectivity index (χ4n) is 3.76. The number of halogens is 2. The second-order valence-corrected chi connectivity index (χ2v) is 7.02. The van der Waals surface area contributed by atoms with Gasteiger partial charge < -0.3 is 15.0 Å². The first-order chi connectivity index (χ1) is 13.9. The molecule has 0 saturated carbocycles. The van der Waals surface area contributed by atoms with E-state index in [1.807, 2.05) is 6.07 Å². The van der Waals surface area contributed by atoms with E-state index in [1.165, 1.54) is 42.9 Å². The molecule has 1 aliphatic heterocycles. The van der Waals surface area contributed by atoms with Crippen LogP contribution in [0, 0.1) is 23.0 Å². The van der Waals surface area contributed by atoms with E-state index < -0.39 is 29.2 Å². The zero-order valence-corrected chi connectivity index (χ0v) is 15.1. The van der Waals surface area contributed by atoms with Crippen LogP contribution in [0.5, 0.6) is 0 Å². The Bertz CT molecular complexity index is 1140. The molecule has 0 unspecified atom stereocenters. The van der Waals surface area contributed by atoms with E-state index in [2.05, 4.69) is 10.3 Å². The Labute approximate surface area is 165 Å². The minimum Gasteiger partial charge on any atom is -0.383 e. The molecule has 6 nitrogen and oxygen atoms in total. The van der Waals surface area contributed by atoms with Crippen LogP contribution in [-0.2, 0) is 10.4 Å². The highest BCUT2D eigenvalue weighted by Gasteiger charge is 2.45. The quantitative estimate of drug-likeness (QED) is 0.711. The Morgan fingerprint density at radius 3 is 2.90 bits per heavy atom. The molecule has 1 aliphatic rings. The van der Waals surface area contributed by atoms with Crippen LogP contribution >= 0.6 is 0 Å². The largest absolute Gasteiger partial charge is 0.383 e. The van der Waals surface area contributed by atoms with E-state index in [0.29, 0.717) is 11.3 Å². The number of carbonyl (C=O) groups is 1. The van der Waals surface area contributed by atoms with Crippen molar-refractivity contribution in [1.82, 2.24) is 9.55 Å². The maximum absolute atomic E-state index is 14.5. The first-order valence-corrected chi connectivity index (χ1v) is 8.89. The topological polar surface area (TPSA) is 90.9 Å². The second-order valence-electron chi connectivity index (χ2n) is 7.02. The molecule has 2 atom stereocenters. The number of benzene rings is 2. The van der Waals surface area contributed by atoms with Crippen LogP contribution < -0.4 is 5.32 Å². The number of nitrogens with one attached hydrogen (secondary N) is 1. The van der Waals surface area contributed by atoms with Crippen molar-refractivity contribution >= 4 is 11.6 Å². The second kappa shape index (κ2) is 7.11. The number of fused-ring (bicyclic) bond motifs is 1. The maximum atomic E-state index is 14.5. The van der Waals surface area contributed by atoms with Gasteiger partial charge in [0.25, 0.3) is 0 Å². The smallest absolute Gasteiger partial charge is 0.227 e. The van der Waals surface area contributed by atoms with Gasteiger partial charge in [-0.1, -0.05) is 12.1 Å². The molecule has 2 aromatic carbocycles. The van der Waals surface area contributed by atoms with Crippen LogP contribution in [0.4, 0.5) is 14.5 Å². The average molecular weight is 394 g/mol. The molecule has 0 fully saturated rings. The molecule has 1 aromatic heterocycles. The van der Waals surface area contributed by atoms with Gasteiger partial charge in [-0.3, -0.25) is 4.79 Å². The Kier molecular flexibility index (Phi) is 4.60. The van der Waals surface area contributed by atoms with Crippen molar-refractivity contribution < 1.29 is 18.7 Å². The normalized spacial score (nSPS) is 20.1. The van der Waals surface area contributed by atoms with Crippen molar-refractivity contribution in [3.05, 3.63) is 83.4 Å². The lowest BCUT2D eigenvalue weighted by atomic mass is 9.90. The van der Waals surface area contributed by atoms with Gasteiger partial charge in [0.1, 0.15) is 17.2 Å². The van der Waals surface area contributed by atoms with Crippen LogP contribution in [0.25, 0.3) is 0 Å². The standard InChI is InChI=1S/C21H16F2N4O2/c22-14-2-1-3-15(7-14)26-20(28)9-21(29)8-18(27-12-25-11-19(21)27)16-5-4-13(10-24)6-17(16)23/h1-7,11-12,18,29H,8-9H2,(H,26,28)/t18-,21+/m1/s1. The monoisotopic (exact) mass is 394 g/mol. The molecular weight excluding hydrogens is 378 g/mol. The lowest BCUT2D eigenvalue weighted by molar-refractivity contribution is -0.121. The van der Waals surface area contributed by atoms with Crippen LogP contribution in [0.3, 0.4) is 0 Å². The number of carbonyl (C=O) groups excluding carboxylic acids is 1. The fourth-order valence-corrected chi connectivity index (χ4v) is 3.76. The highest BCUT2D eigenvalue weighted by Crippen LogP contribution is 2.45. The molecule has 2 N–H and O–H groups in total. The van der Waals surface area contributed by atoms with Crippen molar-refractivity contribution in [1.29, 1.82) is 5.26 Å². The first kappa shape index (κ1) is 18.8. The van der Waals surface area contributed by atoms with Crippen LogP contribution in [0.1, 0.15) is 35.7 Å². The summed E-state index contributed by atoms with van der Waals surface area (Å²) in [6.07, 6.45) is 2.67. The predicted molar refractivity (Wildman–Crippen MR) is 99.6 cm³/mol. The van der Waals surface area contributed by atoms with Crippen molar-refractivity contribution in [3.8, 4) is 6.07 Å². The summed E-state index contributed by atoms with van der Waals surface area (Å²) in [6, 6.07) is 10.9. The molecular formula is C21H16F2N4O2. The maximum Gasteiger partial charge on any atom is 0.227 e. The molecule has 0 spiro atoms. The molecule has 4 rings (SSSR count). The van der Waals surface area contributed by atoms with Gasteiger partial charge in [-0.25, -0.2) is 13.8 Å². The summed E-state index contributed by atoms with van der Waals surface area (Å²) >= 11 is 0. The third kappa shape index (κ3) is 3.48. The van der Waals surface area contributed by atoms with Crippen molar-refractivity contribution in [2.24, 2.45) is 0 Å². The van der Waals surface area contributed by atoms with E-state index in [-0.39, 0.29) is 24.1 Å². The van der Waals surface area contributed by atoms with Crippen molar-refractivity contribution in [3.63, 3.8) is 0 Å². The molecule has 3 aromatic rings. The van der Waals surface area contributed by atoms with E-state index >= 15 is 0 Å². The van der Waals surface area contributed by atoms with Crippen LogP contribution in [-0.4, -0.2) is 20.6 Å². The molecule has 2 heterocycles. The molecule has 146 valence electrons. The number of nitrogens with zero attached hydrogens (tertiary/aromatic N) is 3. The van der Waals surface area contributed by atoms with Gasteiger partial charge in [-0.2, -0.15) is 5.26 Å². The summed E-state index contributed by atoms with van der Waals surface area (Å²) < 4.78 is 29.5. The van der Waals surface area contributed by atoms with Gasteiger partial charge in [0.15, 0.2) is 0 Å². The lowest BCUT2D eigenvalue weighted by Crippen LogP contribution is -2.29.